The van der Waals surface area contributed by atoms with Crippen molar-refractivity contribution in [1.29, 1.82) is 0 Å². The highest BCUT2D eigenvalue weighted by Crippen LogP contribution is 2.30. The van der Waals surface area contributed by atoms with Crippen LogP contribution in [0.3, 0.4) is 0 Å². The molecule has 1 amide bonds. The molecule has 27 heavy (non-hydrogen) atoms. The molecule has 0 unspecified atom stereocenters. The molecule has 0 bridgehead atoms. The number of carbonyl (C=O) groups is 2. The Morgan fingerprint density at radius 3 is 2.67 bits per heavy atom. The first-order valence-corrected chi connectivity index (χ1v) is 8.76. The van der Waals surface area contributed by atoms with E-state index in [1.807, 2.05) is 6.92 Å². The lowest BCUT2D eigenvalue weighted by atomic mass is 10.2. The first kappa shape index (κ1) is 18.5. The predicted octanol–water partition coefficient (Wildman–Crippen LogP) is 3.06. The largest absolute Gasteiger partial charge is 0.508 e. The summed E-state index contributed by atoms with van der Waals surface area (Å²) in [6.45, 7) is 1.42. The van der Waals surface area contributed by atoms with Crippen molar-refractivity contribution in [3.8, 4) is 11.5 Å². The van der Waals surface area contributed by atoms with Crippen molar-refractivity contribution in [2.45, 2.75) is 6.92 Å². The number of benzene rings is 2. The van der Waals surface area contributed by atoms with E-state index in [1.165, 1.54) is 11.8 Å². The van der Waals surface area contributed by atoms with E-state index in [2.05, 4.69) is 10.3 Å². The minimum absolute atomic E-state index is 0.163. The van der Waals surface area contributed by atoms with Crippen LogP contribution in [0.1, 0.15) is 11.1 Å². The Morgan fingerprint density at radius 2 is 2.00 bits per heavy atom. The monoisotopic (exact) mass is 384 g/mol. The second kappa shape index (κ2) is 7.96. The maximum Gasteiger partial charge on any atom is 0.341 e. The van der Waals surface area contributed by atoms with Crippen LogP contribution in [-0.2, 0) is 9.59 Å². The number of hydrogen-bond donors (Lipinski definition) is 3. The van der Waals surface area contributed by atoms with Gasteiger partial charge in [-0.2, -0.15) is 0 Å². The molecule has 1 aliphatic rings. The number of carboxylic acid groups (broad SMARTS) is 1. The van der Waals surface area contributed by atoms with Gasteiger partial charge < -0.3 is 20.3 Å². The number of aliphatic carboxylic acids is 1. The van der Waals surface area contributed by atoms with Crippen LogP contribution in [0.15, 0.2) is 52.4 Å². The molecule has 1 saturated heterocycles. The maximum atomic E-state index is 12.2. The Labute approximate surface area is 159 Å². The maximum absolute atomic E-state index is 12.2. The normalized spacial score (nSPS) is 16.6. The molecule has 1 fully saturated rings. The molecule has 0 saturated carbocycles. The van der Waals surface area contributed by atoms with Crippen molar-refractivity contribution in [2.24, 2.45) is 4.99 Å². The topological polar surface area (TPSA) is 108 Å². The Kier molecular flexibility index (Phi) is 5.46. The van der Waals surface area contributed by atoms with E-state index in [0.717, 1.165) is 11.1 Å². The average molecular weight is 384 g/mol. The van der Waals surface area contributed by atoms with Gasteiger partial charge in [0, 0.05) is 0 Å². The van der Waals surface area contributed by atoms with Crippen molar-refractivity contribution in [2.75, 3.05) is 6.61 Å². The molecular weight excluding hydrogens is 368 g/mol. The van der Waals surface area contributed by atoms with Gasteiger partial charge in [-0.1, -0.05) is 12.1 Å². The predicted molar refractivity (Wildman–Crippen MR) is 103 cm³/mol. The molecule has 7 nitrogen and oxygen atoms in total. The number of thioether (sulfide) groups is 1. The van der Waals surface area contributed by atoms with Crippen LogP contribution in [0, 0.1) is 6.92 Å². The van der Waals surface area contributed by atoms with Gasteiger partial charge in [-0.25, -0.2) is 9.79 Å². The molecule has 3 N–H and O–H groups in total. The number of phenolic OH excluding ortho intramolecular Hbond substituents is 1. The molecule has 138 valence electrons. The number of nitrogens with one attached hydrogen (secondary N) is 1. The van der Waals surface area contributed by atoms with Gasteiger partial charge in [0.25, 0.3) is 5.91 Å². The summed E-state index contributed by atoms with van der Waals surface area (Å²) in [5.41, 5.74) is 2.24. The highest BCUT2D eigenvalue weighted by atomic mass is 32.2. The van der Waals surface area contributed by atoms with Gasteiger partial charge in [-0.3, -0.25) is 4.79 Å². The summed E-state index contributed by atoms with van der Waals surface area (Å²) >= 11 is 1.22. The van der Waals surface area contributed by atoms with E-state index < -0.39 is 12.6 Å². The molecule has 8 heteroatoms. The number of aryl methyl sites for hydroxylation is 1. The number of aromatic hydroxyl groups is 1. The van der Waals surface area contributed by atoms with Gasteiger partial charge in [0.15, 0.2) is 11.8 Å². The number of nitrogens with zero attached hydrogens (tertiary/aromatic N) is 1. The molecule has 0 radical (unpaired) electrons. The van der Waals surface area contributed by atoms with Gasteiger partial charge in [0.1, 0.15) is 11.5 Å². The van der Waals surface area contributed by atoms with Crippen molar-refractivity contribution in [1.82, 2.24) is 5.32 Å². The van der Waals surface area contributed by atoms with E-state index in [0.29, 0.717) is 21.5 Å². The molecule has 0 atom stereocenters. The molecule has 0 aliphatic carbocycles. The first-order chi connectivity index (χ1) is 12.9. The summed E-state index contributed by atoms with van der Waals surface area (Å²) in [6, 6.07) is 11.6. The lowest BCUT2D eigenvalue weighted by molar-refractivity contribution is -0.139. The Hall–Kier alpha value is -3.26. The fourth-order valence-electron chi connectivity index (χ4n) is 2.31. The minimum Gasteiger partial charge on any atom is -0.508 e. The zero-order valence-electron chi connectivity index (χ0n) is 14.3. The third kappa shape index (κ3) is 4.89. The first-order valence-electron chi connectivity index (χ1n) is 7.94. The lowest BCUT2D eigenvalue weighted by Gasteiger charge is -2.03. The molecular formula is C19H16N2O5S. The zero-order chi connectivity index (χ0) is 19.4. The third-order valence-electron chi connectivity index (χ3n) is 3.59. The molecule has 0 spiro atoms. The summed E-state index contributed by atoms with van der Waals surface area (Å²) in [5, 5.41) is 21.2. The van der Waals surface area contributed by atoms with Crippen molar-refractivity contribution in [3.05, 3.63) is 58.5 Å². The van der Waals surface area contributed by atoms with E-state index in [1.54, 1.807) is 48.5 Å². The number of phenols is 1. The molecule has 2 aromatic carbocycles. The van der Waals surface area contributed by atoms with Crippen LogP contribution in [0.2, 0.25) is 0 Å². The molecule has 2 aromatic rings. The SMILES string of the molecule is Cc1cc(O)ccc1N=C1NC(=O)/C(=C\c2ccc(OCC(=O)O)cc2)S1. The second-order valence-electron chi connectivity index (χ2n) is 5.70. The third-order valence-corrected chi connectivity index (χ3v) is 4.50. The van der Waals surface area contributed by atoms with E-state index >= 15 is 0 Å². The number of carboxylic acids is 1. The number of carbonyl (C=O) groups excluding carboxylic acids is 1. The molecule has 3 rings (SSSR count). The number of amides is 1. The Morgan fingerprint density at radius 1 is 1.26 bits per heavy atom. The summed E-state index contributed by atoms with van der Waals surface area (Å²) in [7, 11) is 0. The van der Waals surface area contributed by atoms with Crippen molar-refractivity contribution in [3.63, 3.8) is 0 Å². The summed E-state index contributed by atoms with van der Waals surface area (Å²) in [4.78, 5) is 27.6. The summed E-state index contributed by atoms with van der Waals surface area (Å²) < 4.78 is 5.07. The number of ether oxygens (including phenoxy) is 1. The highest BCUT2D eigenvalue weighted by molar-refractivity contribution is 8.18. The number of hydrogen-bond acceptors (Lipinski definition) is 6. The molecule has 1 heterocycles. The highest BCUT2D eigenvalue weighted by Gasteiger charge is 2.24. The van der Waals surface area contributed by atoms with Crippen LogP contribution < -0.4 is 10.1 Å². The number of rotatable bonds is 5. The quantitative estimate of drug-likeness (QED) is 0.684. The number of aliphatic imine (C=N–C) groups is 1. The summed E-state index contributed by atoms with van der Waals surface area (Å²) in [6.07, 6.45) is 1.72. The van der Waals surface area contributed by atoms with E-state index in [-0.39, 0.29) is 11.7 Å². The Bertz CT molecular complexity index is 951. The van der Waals surface area contributed by atoms with Gasteiger partial charge in [-0.05, 0) is 66.2 Å². The average Bonchev–Trinajstić information content (AvgIpc) is 2.96. The molecule has 1 aliphatic heterocycles. The van der Waals surface area contributed by atoms with Crippen LogP contribution in [-0.4, -0.2) is 33.9 Å². The van der Waals surface area contributed by atoms with Gasteiger partial charge in [0.2, 0.25) is 0 Å². The van der Waals surface area contributed by atoms with Crippen LogP contribution in [0.4, 0.5) is 5.69 Å². The number of amidine groups is 1. The standard InChI is InChI=1S/C19H16N2O5S/c1-11-8-13(22)4-7-15(11)20-19-21-18(25)16(27-19)9-12-2-5-14(6-3-12)26-10-17(23)24/h2-9,22H,10H2,1H3,(H,23,24)(H,20,21,25)/b16-9+. The van der Waals surface area contributed by atoms with Crippen LogP contribution >= 0.6 is 11.8 Å². The Balaban J connectivity index is 1.73. The summed E-state index contributed by atoms with van der Waals surface area (Å²) in [5.74, 6) is -0.693. The van der Waals surface area contributed by atoms with Gasteiger partial charge in [-0.15, -0.1) is 0 Å². The molecule has 0 aromatic heterocycles. The lowest BCUT2D eigenvalue weighted by Crippen LogP contribution is -2.19. The van der Waals surface area contributed by atoms with Gasteiger partial charge in [0.05, 0.1) is 10.6 Å². The van der Waals surface area contributed by atoms with Crippen LogP contribution in [0.5, 0.6) is 11.5 Å². The zero-order valence-corrected chi connectivity index (χ0v) is 15.1. The van der Waals surface area contributed by atoms with Crippen molar-refractivity contribution >= 4 is 40.6 Å². The second-order valence-corrected chi connectivity index (χ2v) is 6.73. The van der Waals surface area contributed by atoms with Gasteiger partial charge >= 0.3 is 5.97 Å². The van der Waals surface area contributed by atoms with Crippen LogP contribution in [0.25, 0.3) is 6.08 Å². The fourth-order valence-corrected chi connectivity index (χ4v) is 3.15. The fraction of sp³-hybridized carbons (Fsp3) is 0.105. The van der Waals surface area contributed by atoms with E-state index in [9.17, 15) is 14.7 Å². The minimum atomic E-state index is -1.05. The van der Waals surface area contributed by atoms with E-state index in [4.69, 9.17) is 9.84 Å². The van der Waals surface area contributed by atoms with Crippen molar-refractivity contribution < 1.29 is 24.5 Å². The smallest absolute Gasteiger partial charge is 0.341 e.